The van der Waals surface area contributed by atoms with Crippen molar-refractivity contribution >= 4 is 0 Å². The number of piperidine rings is 2. The van der Waals surface area contributed by atoms with E-state index in [1.807, 2.05) is 12.3 Å². The molecule has 0 spiro atoms. The standard InChI is InChI=1S/C15H20N2O/c1-18-14-3-2-12(9-16-14)15-7-10-4-11(8-15)6-13(5-10)17-15/h2-3,9-11,13,17H,4-8H2,1H3. The molecule has 5 rings (SSSR count). The molecule has 0 radical (unpaired) electrons. The molecular weight excluding hydrogens is 224 g/mol. The molecule has 2 unspecified atom stereocenters. The smallest absolute Gasteiger partial charge is 0.212 e. The van der Waals surface area contributed by atoms with Crippen molar-refractivity contribution in [2.75, 3.05) is 7.11 Å². The molecule has 1 N–H and O–H groups in total. The predicted octanol–water partition coefficient (Wildman–Crippen LogP) is 2.47. The fourth-order valence-electron chi connectivity index (χ4n) is 4.70. The van der Waals surface area contributed by atoms with Crippen LogP contribution in [0, 0.1) is 11.8 Å². The Morgan fingerprint density at radius 1 is 1.22 bits per heavy atom. The quantitative estimate of drug-likeness (QED) is 0.867. The molecular formula is C15H20N2O. The van der Waals surface area contributed by atoms with E-state index in [4.69, 9.17) is 4.74 Å². The molecule has 1 aromatic heterocycles. The summed E-state index contributed by atoms with van der Waals surface area (Å²) in [5, 5.41) is 3.90. The fourth-order valence-corrected chi connectivity index (χ4v) is 4.70. The number of aromatic nitrogens is 1. The lowest BCUT2D eigenvalue weighted by Crippen LogP contribution is -2.62. The average Bonchev–Trinajstić information content (AvgIpc) is 2.37. The van der Waals surface area contributed by atoms with Gasteiger partial charge in [-0.3, -0.25) is 0 Å². The SMILES string of the molecule is COc1ccc(C23CC4CC(CC(C4)N2)C3)cn1. The zero-order valence-corrected chi connectivity index (χ0v) is 10.9. The number of pyridine rings is 1. The Hall–Kier alpha value is -1.09. The van der Waals surface area contributed by atoms with Crippen molar-refractivity contribution in [3.05, 3.63) is 23.9 Å². The number of ether oxygens (including phenoxy) is 1. The summed E-state index contributed by atoms with van der Waals surface area (Å²) in [5.41, 5.74) is 1.58. The predicted molar refractivity (Wildman–Crippen MR) is 69.5 cm³/mol. The third kappa shape index (κ3) is 1.50. The lowest BCUT2D eigenvalue weighted by Gasteiger charge is -2.57. The summed E-state index contributed by atoms with van der Waals surface area (Å²) in [5.74, 6) is 2.58. The molecule has 4 bridgehead atoms. The minimum absolute atomic E-state index is 0.216. The van der Waals surface area contributed by atoms with Gasteiger partial charge in [-0.2, -0.15) is 0 Å². The maximum Gasteiger partial charge on any atom is 0.212 e. The van der Waals surface area contributed by atoms with Gasteiger partial charge in [0.25, 0.3) is 0 Å². The van der Waals surface area contributed by atoms with Crippen LogP contribution in [0.5, 0.6) is 5.88 Å². The second-order valence-corrected chi connectivity index (χ2v) is 6.36. The van der Waals surface area contributed by atoms with Gasteiger partial charge in [0.2, 0.25) is 5.88 Å². The maximum absolute atomic E-state index is 5.16. The van der Waals surface area contributed by atoms with Crippen molar-refractivity contribution in [3.63, 3.8) is 0 Å². The molecule has 2 atom stereocenters. The Kier molecular flexibility index (Phi) is 2.22. The number of nitrogens with zero attached hydrogens (tertiary/aromatic N) is 1. The zero-order valence-electron chi connectivity index (χ0n) is 10.9. The topological polar surface area (TPSA) is 34.1 Å². The van der Waals surface area contributed by atoms with Gasteiger partial charge >= 0.3 is 0 Å². The summed E-state index contributed by atoms with van der Waals surface area (Å²) in [6.07, 6.45) is 8.86. The highest BCUT2D eigenvalue weighted by Gasteiger charge is 2.51. The Labute approximate surface area is 108 Å². The number of rotatable bonds is 2. The minimum atomic E-state index is 0.216. The number of nitrogens with one attached hydrogen (secondary N) is 1. The molecule has 3 heteroatoms. The van der Waals surface area contributed by atoms with Gasteiger partial charge < -0.3 is 10.1 Å². The molecule has 2 aliphatic heterocycles. The van der Waals surface area contributed by atoms with Crippen LogP contribution in [0.15, 0.2) is 18.3 Å². The number of hydrogen-bond donors (Lipinski definition) is 1. The second kappa shape index (κ2) is 3.70. The van der Waals surface area contributed by atoms with Crippen LogP contribution in [0.25, 0.3) is 0 Å². The van der Waals surface area contributed by atoms with Crippen LogP contribution in [0.3, 0.4) is 0 Å². The fraction of sp³-hybridized carbons (Fsp3) is 0.667. The largest absolute Gasteiger partial charge is 0.481 e. The molecule has 3 heterocycles. The monoisotopic (exact) mass is 244 g/mol. The Balaban J connectivity index is 1.70. The van der Waals surface area contributed by atoms with Gasteiger partial charge in [-0.05, 0) is 49.5 Å². The van der Waals surface area contributed by atoms with Crippen LogP contribution in [0.1, 0.15) is 37.7 Å². The van der Waals surface area contributed by atoms with Gasteiger partial charge in [-0.15, -0.1) is 0 Å². The van der Waals surface area contributed by atoms with E-state index in [0.29, 0.717) is 5.88 Å². The second-order valence-electron chi connectivity index (χ2n) is 6.36. The van der Waals surface area contributed by atoms with Crippen molar-refractivity contribution in [3.8, 4) is 5.88 Å². The molecule has 0 aromatic carbocycles. The van der Waals surface area contributed by atoms with Gasteiger partial charge in [-0.25, -0.2) is 4.98 Å². The van der Waals surface area contributed by atoms with Crippen LogP contribution in [0.2, 0.25) is 0 Å². The Morgan fingerprint density at radius 3 is 2.56 bits per heavy atom. The lowest BCUT2D eigenvalue weighted by atomic mass is 9.57. The van der Waals surface area contributed by atoms with E-state index >= 15 is 0 Å². The van der Waals surface area contributed by atoms with E-state index in [2.05, 4.69) is 16.4 Å². The van der Waals surface area contributed by atoms with E-state index in [1.165, 1.54) is 37.7 Å². The highest BCUT2D eigenvalue weighted by atomic mass is 16.5. The molecule has 0 amide bonds. The Bertz CT molecular complexity index is 419. The molecule has 4 fully saturated rings. The van der Waals surface area contributed by atoms with Crippen molar-refractivity contribution in [2.45, 2.75) is 43.7 Å². The summed E-state index contributed by atoms with van der Waals surface area (Å²) in [6.45, 7) is 0. The molecule has 2 saturated heterocycles. The summed E-state index contributed by atoms with van der Waals surface area (Å²) >= 11 is 0. The van der Waals surface area contributed by atoms with Gasteiger partial charge in [0.1, 0.15) is 0 Å². The van der Waals surface area contributed by atoms with Crippen molar-refractivity contribution in [1.82, 2.24) is 10.3 Å². The molecule has 4 aliphatic rings. The van der Waals surface area contributed by atoms with E-state index in [0.717, 1.165) is 17.9 Å². The summed E-state index contributed by atoms with van der Waals surface area (Å²) < 4.78 is 5.16. The van der Waals surface area contributed by atoms with Crippen molar-refractivity contribution in [2.24, 2.45) is 11.8 Å². The number of methoxy groups -OCH3 is 1. The van der Waals surface area contributed by atoms with E-state index < -0.39 is 0 Å². The van der Waals surface area contributed by atoms with Crippen LogP contribution >= 0.6 is 0 Å². The maximum atomic E-state index is 5.16. The first-order valence-electron chi connectivity index (χ1n) is 7.06. The highest BCUT2D eigenvalue weighted by Crippen LogP contribution is 2.53. The normalized spacial score (nSPS) is 41.1. The lowest BCUT2D eigenvalue weighted by molar-refractivity contribution is -0.00536. The molecule has 2 saturated carbocycles. The van der Waals surface area contributed by atoms with Crippen LogP contribution in [-0.2, 0) is 5.54 Å². The molecule has 2 aliphatic carbocycles. The van der Waals surface area contributed by atoms with Crippen LogP contribution in [-0.4, -0.2) is 18.1 Å². The summed E-state index contributed by atoms with van der Waals surface area (Å²) in [7, 11) is 1.67. The van der Waals surface area contributed by atoms with Crippen molar-refractivity contribution < 1.29 is 4.74 Å². The Morgan fingerprint density at radius 2 is 2.00 bits per heavy atom. The van der Waals surface area contributed by atoms with E-state index in [-0.39, 0.29) is 5.54 Å². The first-order valence-corrected chi connectivity index (χ1v) is 7.06. The summed E-state index contributed by atoms with van der Waals surface area (Å²) in [6, 6.07) is 4.94. The molecule has 1 aromatic rings. The molecule has 3 nitrogen and oxygen atoms in total. The molecule has 18 heavy (non-hydrogen) atoms. The zero-order chi connectivity index (χ0) is 12.2. The summed E-state index contributed by atoms with van der Waals surface area (Å²) in [4.78, 5) is 4.39. The van der Waals surface area contributed by atoms with E-state index in [1.54, 1.807) is 7.11 Å². The minimum Gasteiger partial charge on any atom is -0.481 e. The molecule has 96 valence electrons. The number of hydrogen-bond acceptors (Lipinski definition) is 3. The van der Waals surface area contributed by atoms with E-state index in [9.17, 15) is 0 Å². The first-order chi connectivity index (χ1) is 8.77. The third-order valence-electron chi connectivity index (χ3n) is 5.16. The van der Waals surface area contributed by atoms with Crippen LogP contribution in [0.4, 0.5) is 0 Å². The van der Waals surface area contributed by atoms with Gasteiger partial charge in [0.15, 0.2) is 0 Å². The van der Waals surface area contributed by atoms with Crippen molar-refractivity contribution in [1.29, 1.82) is 0 Å². The first kappa shape index (κ1) is 10.8. The average molecular weight is 244 g/mol. The van der Waals surface area contributed by atoms with Crippen LogP contribution < -0.4 is 10.1 Å². The van der Waals surface area contributed by atoms with Gasteiger partial charge in [-0.1, -0.05) is 6.07 Å². The third-order valence-corrected chi connectivity index (χ3v) is 5.16. The highest BCUT2D eigenvalue weighted by molar-refractivity contribution is 5.28. The van der Waals surface area contributed by atoms with Gasteiger partial charge in [0, 0.05) is 23.8 Å². The van der Waals surface area contributed by atoms with Gasteiger partial charge in [0.05, 0.1) is 7.11 Å².